The molecule has 3 N–H and O–H groups in total. The minimum atomic E-state index is -2.75. The van der Waals surface area contributed by atoms with E-state index < -0.39 is 31.0 Å². The molecule has 0 fully saturated rings. The number of carbonyl (C=O) groups excluding carboxylic acids is 1. The molecule has 1 aliphatic carbocycles. The number of rotatable bonds is 3. The maximum Gasteiger partial charge on any atom is 1.00 e. The number of hydrogen-bond acceptors (Lipinski definition) is 9. The summed E-state index contributed by atoms with van der Waals surface area (Å²) < 4.78 is 21.6. The van der Waals surface area contributed by atoms with Gasteiger partial charge in [-0.25, -0.2) is 4.79 Å². The molecule has 4 aromatic rings. The van der Waals surface area contributed by atoms with E-state index in [9.17, 15) is 27.6 Å². The molecule has 1 aliphatic heterocycles. The maximum absolute atomic E-state index is 12.5. The van der Waals surface area contributed by atoms with E-state index in [1.165, 1.54) is 18.2 Å². The fraction of sp³-hybridized carbons (Fsp3) is 0.0333. The molecule has 0 amide bonds. The first-order valence-corrected chi connectivity index (χ1v) is 19.1. The largest absolute Gasteiger partial charge is 1.00 e. The first-order chi connectivity index (χ1) is 20.0. The average molecular weight is 926 g/mol. The van der Waals surface area contributed by atoms with Crippen LogP contribution < -0.4 is 89.2 Å². The second-order valence-corrected chi connectivity index (χ2v) is 15.0. The Balaban J connectivity index is 0.000000297. The van der Waals surface area contributed by atoms with Crippen LogP contribution in [0, 0.1) is 6.92 Å². The Hall–Kier alpha value is -1.51. The Bertz CT molecular complexity index is 2130. The summed E-state index contributed by atoms with van der Waals surface area (Å²) in [5.41, 5.74) is 8.42. The molecule has 0 saturated heterocycles. The van der Waals surface area contributed by atoms with Gasteiger partial charge in [0.2, 0.25) is 0 Å². The van der Waals surface area contributed by atoms with Crippen LogP contribution in [0.1, 0.15) is 15.9 Å². The molecular formula is C30H17Br2HgNNa2O8. The standard InChI is InChI=1S/C20H9Br2O5.C10H9NO2.Hg.2Na.H2O/c21-13-5-11-17(7-15(13)23)27-18-8-16(24)14(22)6-12(18)19(11)9-3-1-2-4-10(9)20(25)26;1-6-4-10(12)13-9-5-7(11)2-3-8(6)9;;;;/h1-7,24H,(H,25,26);2-5H,11H2,1H3;;;;1H2/q;;3*+1;/p-3. The number of fused-ring (bicyclic) bond motifs is 3. The molecule has 0 atom stereocenters. The van der Waals surface area contributed by atoms with Gasteiger partial charge in [-0.2, -0.15) is 0 Å². The summed E-state index contributed by atoms with van der Waals surface area (Å²) >= 11 is 3.71. The molecule has 0 spiro atoms. The zero-order chi connectivity index (χ0) is 30.3. The molecule has 3 aromatic carbocycles. The van der Waals surface area contributed by atoms with Gasteiger partial charge in [0, 0.05) is 23.2 Å². The second-order valence-electron chi connectivity index (χ2n) is 9.29. The summed E-state index contributed by atoms with van der Waals surface area (Å²) in [7, 11) is 0. The van der Waals surface area contributed by atoms with E-state index in [4.69, 9.17) is 14.6 Å². The van der Waals surface area contributed by atoms with Crippen LogP contribution in [0.2, 0.25) is 0 Å². The molecule has 44 heavy (non-hydrogen) atoms. The van der Waals surface area contributed by atoms with E-state index in [2.05, 4.69) is 31.9 Å². The number of aromatic carboxylic acids is 1. The van der Waals surface area contributed by atoms with Gasteiger partial charge in [0.25, 0.3) is 0 Å². The number of benzene rings is 4. The van der Waals surface area contributed by atoms with Crippen molar-refractivity contribution in [2.75, 3.05) is 5.73 Å². The van der Waals surface area contributed by atoms with Crippen LogP contribution in [0.25, 0.3) is 44.4 Å². The van der Waals surface area contributed by atoms with Crippen LogP contribution in [0.3, 0.4) is 0 Å². The third-order valence-corrected chi connectivity index (χ3v) is 11.6. The third kappa shape index (κ3) is 7.38. The first-order valence-electron chi connectivity index (χ1n) is 12.3. The van der Waals surface area contributed by atoms with Gasteiger partial charge < -0.3 is 10.2 Å². The van der Waals surface area contributed by atoms with E-state index in [-0.39, 0.29) is 105 Å². The average Bonchev–Trinajstić information content (AvgIpc) is 2.94. The zero-order valence-electron chi connectivity index (χ0n) is 23.7. The van der Waals surface area contributed by atoms with Crippen molar-refractivity contribution in [2.24, 2.45) is 0 Å². The monoisotopic (exact) mass is 925 g/mol. The Kier molecular flexibility index (Phi) is 12.9. The number of aryl methyl sites for hydroxylation is 1. The van der Waals surface area contributed by atoms with Gasteiger partial charge in [0.1, 0.15) is 5.58 Å². The first kappa shape index (κ1) is 36.9. The topological polar surface area (TPSA) is 170 Å². The molecule has 0 saturated carbocycles. The van der Waals surface area contributed by atoms with E-state index >= 15 is 0 Å². The van der Waals surface area contributed by atoms with Crippen molar-refractivity contribution in [3.63, 3.8) is 0 Å². The van der Waals surface area contributed by atoms with Crippen molar-refractivity contribution < 1.29 is 111 Å². The van der Waals surface area contributed by atoms with Crippen molar-refractivity contribution in [2.45, 2.75) is 6.92 Å². The SMILES string of the molecule is Cc1cc(=O)oc2cc(N)ccc12.O=C([O-])c1ccccc1-c1c2cc(Br)c(=O)cc-2oc2[c]([Hg][OH])c([O-])c(Br)cc12.[Na+].[Na+]. The third-order valence-electron chi connectivity index (χ3n) is 6.62. The molecule has 2 aliphatic rings. The summed E-state index contributed by atoms with van der Waals surface area (Å²) in [5.74, 6) is -1.52. The molecule has 2 heterocycles. The minimum Gasteiger partial charge on any atom is 1.00 e. The van der Waals surface area contributed by atoms with Gasteiger partial charge in [-0.3, -0.25) is 0 Å². The van der Waals surface area contributed by atoms with E-state index in [0.717, 1.165) is 10.9 Å². The van der Waals surface area contributed by atoms with Crippen LogP contribution in [-0.2, 0) is 25.0 Å². The van der Waals surface area contributed by atoms with Gasteiger partial charge in [0.05, 0.1) is 0 Å². The van der Waals surface area contributed by atoms with E-state index in [1.54, 1.807) is 42.5 Å². The van der Waals surface area contributed by atoms with Crippen LogP contribution in [0.4, 0.5) is 5.69 Å². The Morgan fingerprint density at radius 1 is 0.909 bits per heavy atom. The van der Waals surface area contributed by atoms with Crippen LogP contribution in [-0.4, -0.2) is 8.98 Å². The molecule has 14 heteroatoms. The van der Waals surface area contributed by atoms with Crippen molar-refractivity contribution in [3.8, 4) is 28.2 Å². The van der Waals surface area contributed by atoms with Crippen molar-refractivity contribution >= 4 is 68.5 Å². The van der Waals surface area contributed by atoms with Crippen LogP contribution in [0.5, 0.6) is 5.75 Å². The number of nitrogen functional groups attached to an aromatic ring is 1. The van der Waals surface area contributed by atoms with E-state index in [0.29, 0.717) is 33.3 Å². The summed E-state index contributed by atoms with van der Waals surface area (Å²) in [4.78, 5) is 34.9. The van der Waals surface area contributed by atoms with Gasteiger partial charge in [-0.1, -0.05) is 0 Å². The Morgan fingerprint density at radius 3 is 2.30 bits per heavy atom. The van der Waals surface area contributed by atoms with Crippen LogP contribution >= 0.6 is 31.9 Å². The predicted molar refractivity (Wildman–Crippen MR) is 157 cm³/mol. The number of carboxylic acids is 1. The molecule has 208 valence electrons. The second kappa shape index (κ2) is 15.4. The van der Waals surface area contributed by atoms with Crippen LogP contribution in [0.15, 0.2) is 94.1 Å². The normalized spacial score (nSPS) is 10.4. The summed E-state index contributed by atoms with van der Waals surface area (Å²) in [6.45, 7) is 1.87. The molecule has 1 aromatic heterocycles. The molecule has 0 unspecified atom stereocenters. The molecule has 6 rings (SSSR count). The smallest absolute Gasteiger partial charge is 1.00 e. The van der Waals surface area contributed by atoms with Gasteiger partial charge >= 0.3 is 259 Å². The number of carbonyl (C=O) groups is 1. The molecule has 0 radical (unpaired) electrons. The summed E-state index contributed by atoms with van der Waals surface area (Å²) in [6, 6.07) is 17.5. The Labute approximate surface area is 323 Å². The number of nitrogens with two attached hydrogens (primary N) is 1. The number of anilines is 1. The molecular weight excluding hydrogens is 909 g/mol. The van der Waals surface area contributed by atoms with Crippen molar-refractivity contribution in [3.05, 3.63) is 107 Å². The number of halogens is 2. The fourth-order valence-electron chi connectivity index (χ4n) is 4.69. The fourth-order valence-corrected chi connectivity index (χ4v) is 9.39. The molecule has 0 bridgehead atoms. The zero-order valence-corrected chi connectivity index (χ0v) is 36.4. The molecule has 9 nitrogen and oxygen atoms in total. The van der Waals surface area contributed by atoms with Crippen molar-refractivity contribution in [1.29, 1.82) is 0 Å². The predicted octanol–water partition coefficient (Wildman–Crippen LogP) is -2.17. The number of carboxylic acid groups (broad SMARTS) is 1. The maximum atomic E-state index is 12.5. The van der Waals surface area contributed by atoms with Gasteiger partial charge in [-0.15, -0.1) is 0 Å². The Morgan fingerprint density at radius 2 is 1.61 bits per heavy atom. The van der Waals surface area contributed by atoms with Gasteiger partial charge in [0.15, 0.2) is 0 Å². The van der Waals surface area contributed by atoms with Crippen molar-refractivity contribution in [1.82, 2.24) is 0 Å². The summed E-state index contributed by atoms with van der Waals surface area (Å²) in [5, 5.41) is 25.6. The number of hydrogen-bond donors (Lipinski definition) is 2. The summed E-state index contributed by atoms with van der Waals surface area (Å²) in [6.07, 6.45) is 0. The minimum absolute atomic E-state index is 0. The quantitative estimate of drug-likeness (QED) is 0.0870. The van der Waals surface area contributed by atoms with Gasteiger partial charge in [-0.05, 0) is 24.6 Å². The van der Waals surface area contributed by atoms with E-state index in [1.807, 2.05) is 13.0 Å².